The number of pyridine rings is 1. The highest BCUT2D eigenvalue weighted by atomic mass is 32.2. The van der Waals surface area contributed by atoms with Crippen LogP contribution in [0, 0.1) is 24.0 Å². The van der Waals surface area contributed by atoms with Gasteiger partial charge < -0.3 is 13.9 Å². The summed E-state index contributed by atoms with van der Waals surface area (Å²) in [5.74, 6) is 0.991. The SMILES string of the molecule is C#C[C@@H]1CN(Cc2nnc(-c3cc(-c4cnc(OC)c(NS(=O)(=O)c5ccc(F)cc5F)c4)cc4[nH]ncc34)o2)C[C@H](C=C)O1. The number of ether oxygens (including phenoxy) is 2. The van der Waals surface area contributed by atoms with E-state index in [2.05, 4.69) is 42.6 Å². The molecule has 0 bridgehead atoms. The number of nitrogens with zero attached hydrogens (tertiary/aromatic N) is 5. The minimum Gasteiger partial charge on any atom is -0.480 e. The van der Waals surface area contributed by atoms with Crippen LogP contribution in [0.1, 0.15) is 5.89 Å². The van der Waals surface area contributed by atoms with Crippen molar-refractivity contribution in [2.75, 3.05) is 24.9 Å². The number of terminal acetylenes is 1. The first kappa shape index (κ1) is 29.9. The van der Waals surface area contributed by atoms with Crippen LogP contribution in [-0.2, 0) is 21.3 Å². The van der Waals surface area contributed by atoms with Crippen molar-refractivity contribution in [3.8, 4) is 40.8 Å². The molecule has 1 saturated heterocycles. The maximum Gasteiger partial charge on any atom is 0.264 e. The Labute approximate surface area is 256 Å². The van der Waals surface area contributed by atoms with Gasteiger partial charge >= 0.3 is 0 Å². The lowest BCUT2D eigenvalue weighted by molar-refractivity contribution is -0.0417. The molecule has 0 saturated carbocycles. The zero-order valence-corrected chi connectivity index (χ0v) is 24.5. The van der Waals surface area contributed by atoms with Crippen LogP contribution in [0.5, 0.6) is 5.88 Å². The van der Waals surface area contributed by atoms with Crippen LogP contribution >= 0.6 is 0 Å². The average molecular weight is 634 g/mol. The fourth-order valence-corrected chi connectivity index (χ4v) is 6.07. The van der Waals surface area contributed by atoms with Gasteiger partial charge in [-0.05, 0) is 35.9 Å². The number of hydrogen-bond donors (Lipinski definition) is 2. The lowest BCUT2D eigenvalue weighted by Gasteiger charge is -2.33. The highest BCUT2D eigenvalue weighted by molar-refractivity contribution is 7.92. The van der Waals surface area contributed by atoms with Crippen molar-refractivity contribution in [2.45, 2.75) is 23.6 Å². The van der Waals surface area contributed by atoms with Gasteiger partial charge in [-0.1, -0.05) is 12.0 Å². The zero-order valence-electron chi connectivity index (χ0n) is 23.7. The number of rotatable bonds is 9. The summed E-state index contributed by atoms with van der Waals surface area (Å²) in [5.41, 5.74) is 2.18. The monoisotopic (exact) mass is 633 g/mol. The van der Waals surface area contributed by atoms with E-state index in [9.17, 15) is 17.2 Å². The van der Waals surface area contributed by atoms with Crippen molar-refractivity contribution in [3.05, 3.63) is 79.0 Å². The molecule has 6 rings (SSSR count). The third kappa shape index (κ3) is 6.11. The Balaban J connectivity index is 1.33. The van der Waals surface area contributed by atoms with Crippen molar-refractivity contribution in [2.24, 2.45) is 0 Å². The first-order valence-electron chi connectivity index (χ1n) is 13.5. The number of benzene rings is 2. The molecule has 0 unspecified atom stereocenters. The average Bonchev–Trinajstić information content (AvgIpc) is 3.69. The summed E-state index contributed by atoms with van der Waals surface area (Å²) in [6, 6.07) is 7.19. The van der Waals surface area contributed by atoms with Crippen molar-refractivity contribution in [3.63, 3.8) is 0 Å². The molecule has 2 atom stereocenters. The molecular weight excluding hydrogens is 608 g/mol. The van der Waals surface area contributed by atoms with Gasteiger partial charge in [0, 0.05) is 36.3 Å². The van der Waals surface area contributed by atoms with Crippen LogP contribution in [0.4, 0.5) is 14.5 Å². The molecule has 2 N–H and O–H groups in total. The van der Waals surface area contributed by atoms with E-state index in [1.54, 1.807) is 24.4 Å². The van der Waals surface area contributed by atoms with Crippen LogP contribution in [0.3, 0.4) is 0 Å². The van der Waals surface area contributed by atoms with Crippen molar-refractivity contribution in [1.29, 1.82) is 0 Å². The maximum atomic E-state index is 14.3. The Morgan fingerprint density at radius 3 is 2.80 bits per heavy atom. The van der Waals surface area contributed by atoms with Crippen molar-refractivity contribution >= 4 is 26.6 Å². The van der Waals surface area contributed by atoms with E-state index in [1.165, 1.54) is 19.4 Å². The smallest absolute Gasteiger partial charge is 0.264 e. The summed E-state index contributed by atoms with van der Waals surface area (Å²) < 4.78 is 73.1. The number of methoxy groups -OCH3 is 1. The minimum absolute atomic E-state index is 0.0666. The Kier molecular flexibility index (Phi) is 8.02. The van der Waals surface area contributed by atoms with Gasteiger partial charge in [-0.15, -0.1) is 23.2 Å². The van der Waals surface area contributed by atoms with Crippen LogP contribution < -0.4 is 9.46 Å². The van der Waals surface area contributed by atoms with E-state index in [1.807, 2.05) is 4.90 Å². The zero-order chi connectivity index (χ0) is 31.7. The lowest BCUT2D eigenvalue weighted by atomic mass is 10.0. The number of hydrogen-bond acceptors (Lipinski definition) is 10. The Morgan fingerprint density at radius 1 is 1.20 bits per heavy atom. The van der Waals surface area contributed by atoms with Gasteiger partial charge in [0.15, 0.2) is 0 Å². The highest BCUT2D eigenvalue weighted by Crippen LogP contribution is 2.36. The van der Waals surface area contributed by atoms with E-state index in [0.29, 0.717) is 59.2 Å². The fraction of sp³-hybridized carbons (Fsp3) is 0.200. The van der Waals surface area contributed by atoms with E-state index in [0.717, 1.165) is 12.1 Å². The quantitative estimate of drug-likeness (QED) is 0.179. The van der Waals surface area contributed by atoms with Gasteiger partial charge in [-0.3, -0.25) is 14.7 Å². The number of halogens is 2. The standard InChI is InChI=1S/C30H25F2N7O5S/c1-4-20-14-39(15-21(5-2)43-20)16-28-36-37-29(44-28)22-8-17(9-25-23(22)13-34-35-25)18-10-26(30(42-3)33-12-18)38-45(40,41)27-7-6-19(31)11-24(27)32/h1,5-13,20-21,38H,2,14-16H2,3H3,(H,34,35)/t20-,21+/m1/s1. The fourth-order valence-electron chi connectivity index (χ4n) is 4.96. The first-order chi connectivity index (χ1) is 21.7. The summed E-state index contributed by atoms with van der Waals surface area (Å²) in [7, 11) is -3.17. The molecule has 5 aromatic rings. The van der Waals surface area contributed by atoms with Gasteiger partial charge in [0.25, 0.3) is 10.0 Å². The predicted octanol–water partition coefficient (Wildman–Crippen LogP) is 4.15. The number of morpholine rings is 1. The van der Waals surface area contributed by atoms with E-state index in [4.69, 9.17) is 20.3 Å². The second-order valence-electron chi connectivity index (χ2n) is 10.1. The molecule has 1 fully saturated rings. The largest absolute Gasteiger partial charge is 0.480 e. The van der Waals surface area contributed by atoms with Crippen molar-refractivity contribution in [1.82, 2.24) is 30.3 Å². The van der Waals surface area contributed by atoms with Gasteiger partial charge in [-0.25, -0.2) is 22.2 Å². The Bertz CT molecular complexity index is 2060. The van der Waals surface area contributed by atoms with Crippen LogP contribution in [0.15, 0.2) is 70.8 Å². The van der Waals surface area contributed by atoms with Crippen molar-refractivity contribution < 1.29 is 31.1 Å². The Hall–Kier alpha value is -5.17. The van der Waals surface area contributed by atoms with Gasteiger partial charge in [0.05, 0.1) is 37.0 Å². The molecule has 12 nitrogen and oxygen atoms in total. The second-order valence-corrected chi connectivity index (χ2v) is 11.7. The Morgan fingerprint density at radius 2 is 2.04 bits per heavy atom. The third-order valence-electron chi connectivity index (χ3n) is 7.07. The molecule has 15 heteroatoms. The van der Waals surface area contributed by atoms with Gasteiger partial charge in [0.1, 0.15) is 28.3 Å². The highest BCUT2D eigenvalue weighted by Gasteiger charge is 2.27. The summed E-state index contributed by atoms with van der Waals surface area (Å²) >= 11 is 0. The van der Waals surface area contributed by atoms with Crippen LogP contribution in [0.2, 0.25) is 0 Å². The molecule has 4 heterocycles. The van der Waals surface area contributed by atoms with Crippen LogP contribution in [0.25, 0.3) is 33.5 Å². The summed E-state index contributed by atoms with van der Waals surface area (Å²) in [5, 5.41) is 16.3. The molecule has 0 aliphatic carbocycles. The number of aromatic amines is 1. The normalized spacial score (nSPS) is 17.2. The van der Waals surface area contributed by atoms with Crippen LogP contribution in [-0.4, -0.2) is 71.1 Å². The van der Waals surface area contributed by atoms with E-state index in [-0.39, 0.29) is 23.6 Å². The summed E-state index contributed by atoms with van der Waals surface area (Å²) in [6.45, 7) is 5.19. The predicted molar refractivity (Wildman–Crippen MR) is 159 cm³/mol. The molecule has 1 aliphatic heterocycles. The van der Waals surface area contributed by atoms with Gasteiger partial charge in [0.2, 0.25) is 17.7 Å². The molecule has 45 heavy (non-hydrogen) atoms. The molecule has 2 aromatic carbocycles. The number of sulfonamides is 1. The van der Waals surface area contributed by atoms with E-state index < -0.39 is 32.7 Å². The van der Waals surface area contributed by atoms with Gasteiger partial charge in [-0.2, -0.15) is 5.10 Å². The number of nitrogens with one attached hydrogen (secondary N) is 2. The molecule has 3 aromatic heterocycles. The number of fused-ring (bicyclic) bond motifs is 1. The van der Waals surface area contributed by atoms with E-state index >= 15 is 0 Å². The minimum atomic E-state index is -4.48. The molecule has 0 amide bonds. The summed E-state index contributed by atoms with van der Waals surface area (Å²) in [4.78, 5) is 5.54. The second kappa shape index (κ2) is 12.1. The third-order valence-corrected chi connectivity index (χ3v) is 8.47. The molecular formula is C30H25F2N7O5S. The number of anilines is 1. The molecule has 230 valence electrons. The topological polar surface area (TPSA) is 148 Å². The number of aromatic nitrogens is 5. The summed E-state index contributed by atoms with van der Waals surface area (Å²) in [6.07, 6.45) is 9.76. The maximum absolute atomic E-state index is 14.3. The first-order valence-corrected chi connectivity index (χ1v) is 14.9. The molecule has 0 radical (unpaired) electrons. The number of H-pyrrole nitrogens is 1. The molecule has 0 spiro atoms. The lowest BCUT2D eigenvalue weighted by Crippen LogP contribution is -2.45. The molecule has 1 aliphatic rings.